The van der Waals surface area contributed by atoms with Gasteiger partial charge < -0.3 is 19.7 Å². The molecular weight excluding hydrogens is 366 g/mol. The molecule has 7 nitrogen and oxygen atoms in total. The first-order valence-electron chi connectivity index (χ1n) is 10.1. The van der Waals surface area contributed by atoms with Gasteiger partial charge in [-0.05, 0) is 62.6 Å². The van der Waals surface area contributed by atoms with Crippen LogP contribution in [-0.4, -0.2) is 31.7 Å². The molecule has 7 heteroatoms. The van der Waals surface area contributed by atoms with Crippen LogP contribution in [0.1, 0.15) is 37.1 Å². The normalized spacial score (nSPS) is 16.7. The first-order valence-corrected chi connectivity index (χ1v) is 10.1. The highest BCUT2D eigenvalue weighted by molar-refractivity contribution is 5.62. The van der Waals surface area contributed by atoms with Gasteiger partial charge in [-0.15, -0.1) is 0 Å². The zero-order valence-corrected chi connectivity index (χ0v) is 16.7. The highest BCUT2D eigenvalue weighted by atomic mass is 16.5. The Kier molecular flexibility index (Phi) is 4.28. The number of ether oxygens (including phenoxy) is 1. The second-order valence-corrected chi connectivity index (χ2v) is 8.07. The molecule has 5 rings (SSSR count). The van der Waals surface area contributed by atoms with Gasteiger partial charge in [0, 0.05) is 24.1 Å². The van der Waals surface area contributed by atoms with Gasteiger partial charge in [-0.3, -0.25) is 0 Å². The molecule has 1 aromatic carbocycles. The summed E-state index contributed by atoms with van der Waals surface area (Å²) < 4.78 is 7.51. The van der Waals surface area contributed by atoms with Crippen molar-refractivity contribution < 1.29 is 9.84 Å². The van der Waals surface area contributed by atoms with E-state index >= 15 is 0 Å². The largest absolute Gasteiger partial charge is 0.494 e. The maximum Gasteiger partial charge on any atom is 0.227 e. The third-order valence-electron chi connectivity index (χ3n) is 5.89. The van der Waals surface area contributed by atoms with Crippen LogP contribution in [0.2, 0.25) is 0 Å². The molecule has 2 saturated carbocycles. The van der Waals surface area contributed by atoms with Crippen molar-refractivity contribution in [2.24, 2.45) is 11.8 Å². The van der Waals surface area contributed by atoms with E-state index in [2.05, 4.69) is 20.3 Å². The Hall–Kier alpha value is -2.93. The number of aryl methyl sites for hydroxylation is 1. The monoisotopic (exact) mass is 391 g/mol. The number of anilines is 2. The minimum atomic E-state index is -0.805. The zero-order chi connectivity index (χ0) is 20.0. The average Bonchev–Trinajstić information content (AvgIpc) is 3.65. The van der Waals surface area contributed by atoms with Gasteiger partial charge in [0.25, 0.3) is 0 Å². The second kappa shape index (κ2) is 6.84. The van der Waals surface area contributed by atoms with E-state index in [1.165, 1.54) is 0 Å². The molecule has 0 saturated heterocycles. The Balaban J connectivity index is 1.42. The van der Waals surface area contributed by atoms with Crippen molar-refractivity contribution in [1.82, 2.24) is 19.5 Å². The number of nitrogens with one attached hydrogen (secondary N) is 1. The molecule has 0 unspecified atom stereocenters. The summed E-state index contributed by atoms with van der Waals surface area (Å²) in [6.45, 7) is 1.95. The summed E-state index contributed by atoms with van der Waals surface area (Å²) in [6.07, 6.45) is 9.74. The maximum atomic E-state index is 11.4. The molecule has 150 valence electrons. The van der Waals surface area contributed by atoms with Crippen molar-refractivity contribution in [3.63, 3.8) is 0 Å². The van der Waals surface area contributed by atoms with Gasteiger partial charge in [0.15, 0.2) is 0 Å². The van der Waals surface area contributed by atoms with Crippen LogP contribution >= 0.6 is 0 Å². The smallest absolute Gasteiger partial charge is 0.227 e. The number of hydrogen-bond acceptors (Lipinski definition) is 6. The lowest BCUT2D eigenvalue weighted by Gasteiger charge is -2.27. The van der Waals surface area contributed by atoms with E-state index in [1.54, 1.807) is 19.6 Å². The predicted molar refractivity (Wildman–Crippen MR) is 110 cm³/mol. The number of imidazole rings is 1. The number of rotatable bonds is 7. The van der Waals surface area contributed by atoms with Gasteiger partial charge in [-0.25, -0.2) is 15.0 Å². The molecule has 0 radical (unpaired) electrons. The third kappa shape index (κ3) is 3.35. The summed E-state index contributed by atoms with van der Waals surface area (Å²) >= 11 is 0. The lowest BCUT2D eigenvalue weighted by Crippen LogP contribution is -2.32. The molecule has 2 aliphatic carbocycles. The van der Waals surface area contributed by atoms with E-state index in [0.717, 1.165) is 54.2 Å². The lowest BCUT2D eigenvalue weighted by molar-refractivity contribution is -0.0143. The van der Waals surface area contributed by atoms with Gasteiger partial charge in [0.1, 0.15) is 11.4 Å². The van der Waals surface area contributed by atoms with Crippen molar-refractivity contribution in [2.45, 2.75) is 38.2 Å². The van der Waals surface area contributed by atoms with Crippen molar-refractivity contribution in [2.75, 3.05) is 12.4 Å². The average molecular weight is 391 g/mol. The van der Waals surface area contributed by atoms with E-state index in [9.17, 15) is 5.11 Å². The first kappa shape index (κ1) is 18.1. The van der Waals surface area contributed by atoms with E-state index in [4.69, 9.17) is 4.74 Å². The highest BCUT2D eigenvalue weighted by Crippen LogP contribution is 2.57. The molecule has 2 N–H and O–H groups in total. The molecule has 2 aromatic heterocycles. The lowest BCUT2D eigenvalue weighted by atomic mass is 9.88. The minimum absolute atomic E-state index is 0.329. The molecular formula is C22H25N5O2. The SMILES string of the molecule is COc1cc(Nc2nccc(C(O)(C3CC3)C3CC3)n2)ccc1-n1cnc(C)c1. The standard InChI is InChI=1S/C22H25N5O2/c1-14-12-27(13-24-14)18-8-7-17(11-19(18)29-2)25-21-23-10-9-20(26-21)22(28,15-3-4-15)16-5-6-16/h7-13,15-16,28H,3-6H2,1-2H3,(H,23,25,26). The van der Waals surface area contributed by atoms with Crippen molar-refractivity contribution >= 4 is 11.6 Å². The molecule has 2 aliphatic rings. The molecule has 29 heavy (non-hydrogen) atoms. The number of nitrogens with zero attached hydrogens (tertiary/aromatic N) is 4. The van der Waals surface area contributed by atoms with E-state index < -0.39 is 5.60 Å². The van der Waals surface area contributed by atoms with E-state index in [-0.39, 0.29) is 0 Å². The van der Waals surface area contributed by atoms with Crippen LogP contribution in [0.25, 0.3) is 5.69 Å². The summed E-state index contributed by atoms with van der Waals surface area (Å²) in [7, 11) is 1.65. The number of aliphatic hydroxyl groups is 1. The van der Waals surface area contributed by atoms with Gasteiger partial charge in [-0.1, -0.05) is 0 Å². The van der Waals surface area contributed by atoms with Crippen LogP contribution in [-0.2, 0) is 5.60 Å². The highest BCUT2D eigenvalue weighted by Gasteiger charge is 2.55. The van der Waals surface area contributed by atoms with Crippen molar-refractivity contribution in [3.05, 3.63) is 54.4 Å². The summed E-state index contributed by atoms with van der Waals surface area (Å²) in [6, 6.07) is 7.69. The van der Waals surface area contributed by atoms with Crippen LogP contribution in [0.5, 0.6) is 5.75 Å². The van der Waals surface area contributed by atoms with Crippen LogP contribution in [0.4, 0.5) is 11.6 Å². The van der Waals surface area contributed by atoms with Crippen LogP contribution < -0.4 is 10.1 Å². The van der Waals surface area contributed by atoms with Gasteiger partial charge in [0.2, 0.25) is 5.95 Å². The fourth-order valence-corrected chi connectivity index (χ4v) is 4.09. The van der Waals surface area contributed by atoms with Gasteiger partial charge >= 0.3 is 0 Å². The second-order valence-electron chi connectivity index (χ2n) is 8.07. The fraction of sp³-hybridized carbons (Fsp3) is 0.409. The molecule has 0 aliphatic heterocycles. The topological polar surface area (TPSA) is 85.1 Å². The number of methoxy groups -OCH3 is 1. The summed E-state index contributed by atoms with van der Waals surface area (Å²) in [5, 5.41) is 14.6. The quantitative estimate of drug-likeness (QED) is 0.638. The summed E-state index contributed by atoms with van der Waals surface area (Å²) in [5.41, 5.74) is 2.60. The minimum Gasteiger partial charge on any atom is -0.494 e. The Morgan fingerprint density at radius 3 is 2.52 bits per heavy atom. The Labute approximate surface area is 169 Å². The Morgan fingerprint density at radius 1 is 1.14 bits per heavy atom. The van der Waals surface area contributed by atoms with E-state index in [0.29, 0.717) is 17.8 Å². The molecule has 2 heterocycles. The number of hydrogen-bond donors (Lipinski definition) is 2. The van der Waals surface area contributed by atoms with Crippen molar-refractivity contribution in [3.8, 4) is 11.4 Å². The molecule has 0 atom stereocenters. The summed E-state index contributed by atoms with van der Waals surface area (Å²) in [4.78, 5) is 13.3. The molecule has 3 aromatic rings. The van der Waals surface area contributed by atoms with E-state index in [1.807, 2.05) is 42.0 Å². The molecule has 2 fully saturated rings. The molecule has 0 amide bonds. The molecule has 0 spiro atoms. The van der Waals surface area contributed by atoms with Crippen LogP contribution in [0.3, 0.4) is 0 Å². The van der Waals surface area contributed by atoms with Crippen molar-refractivity contribution in [1.29, 1.82) is 0 Å². The fourth-order valence-electron chi connectivity index (χ4n) is 4.09. The predicted octanol–water partition coefficient (Wildman–Crippen LogP) is 3.73. The third-order valence-corrected chi connectivity index (χ3v) is 5.89. The van der Waals surface area contributed by atoms with Gasteiger partial charge in [-0.2, -0.15) is 0 Å². The summed E-state index contributed by atoms with van der Waals surface area (Å²) in [5.74, 6) is 1.86. The Morgan fingerprint density at radius 2 is 1.90 bits per heavy atom. The van der Waals surface area contributed by atoms with Crippen LogP contribution in [0, 0.1) is 18.8 Å². The zero-order valence-electron chi connectivity index (χ0n) is 16.7. The van der Waals surface area contributed by atoms with Crippen LogP contribution in [0.15, 0.2) is 43.0 Å². The molecule has 0 bridgehead atoms. The maximum absolute atomic E-state index is 11.4. The number of aromatic nitrogens is 4. The van der Waals surface area contributed by atoms with Gasteiger partial charge in [0.05, 0.1) is 30.5 Å². The first-order chi connectivity index (χ1) is 14.1. The Bertz CT molecular complexity index is 1030. The number of benzene rings is 1.